The van der Waals surface area contributed by atoms with Crippen LogP contribution in [0, 0.1) is 23.7 Å². The number of carbonyl (C=O) groups is 4. The Labute approximate surface area is 247 Å². The number of para-hydroxylation sites is 1. The molecule has 1 saturated carbocycles. The SMILES string of the molecule is COc1ccc(C(=O)C(C)OC(=O)c2cc(-c3ccc(N4C(=O)C5C6C=CC(C6)C5C4=O)cc3)nc3ccccc23)cc1. The molecule has 43 heavy (non-hydrogen) atoms. The number of pyridine rings is 1. The molecule has 2 aliphatic carbocycles. The zero-order valence-electron chi connectivity index (χ0n) is 23.6. The highest BCUT2D eigenvalue weighted by atomic mass is 16.5. The van der Waals surface area contributed by atoms with Gasteiger partial charge in [0.1, 0.15) is 5.75 Å². The molecule has 3 aromatic carbocycles. The van der Waals surface area contributed by atoms with Gasteiger partial charge in [0.15, 0.2) is 6.10 Å². The quantitative estimate of drug-likeness (QED) is 0.122. The van der Waals surface area contributed by atoms with Crippen LogP contribution in [0.25, 0.3) is 22.2 Å². The number of rotatable bonds is 7. The van der Waals surface area contributed by atoms with Crippen LogP contribution < -0.4 is 9.64 Å². The first-order chi connectivity index (χ1) is 20.8. The number of esters is 1. The van der Waals surface area contributed by atoms with E-state index in [1.54, 1.807) is 80.8 Å². The second kappa shape index (κ2) is 10.3. The topological polar surface area (TPSA) is 103 Å². The lowest BCUT2D eigenvalue weighted by Gasteiger charge is -2.18. The summed E-state index contributed by atoms with van der Waals surface area (Å²) in [5.74, 6) is -0.865. The number of Topliss-reactive ketones (excluding diaryl/α,β-unsaturated/α-hetero) is 1. The molecule has 1 aromatic heterocycles. The van der Waals surface area contributed by atoms with E-state index in [0.29, 0.717) is 39.2 Å². The molecule has 1 aliphatic heterocycles. The number of ether oxygens (including phenoxy) is 2. The Balaban J connectivity index is 1.15. The lowest BCUT2D eigenvalue weighted by atomic mass is 9.85. The molecule has 2 bridgehead atoms. The summed E-state index contributed by atoms with van der Waals surface area (Å²) >= 11 is 0. The second-order valence-electron chi connectivity index (χ2n) is 11.3. The van der Waals surface area contributed by atoms with Crippen LogP contribution in [0.1, 0.15) is 34.1 Å². The van der Waals surface area contributed by atoms with E-state index in [4.69, 9.17) is 14.5 Å². The van der Waals surface area contributed by atoms with E-state index in [-0.39, 0.29) is 46.8 Å². The van der Waals surface area contributed by atoms with Crippen molar-refractivity contribution in [3.8, 4) is 17.0 Å². The first-order valence-electron chi connectivity index (χ1n) is 14.3. The van der Waals surface area contributed by atoms with Gasteiger partial charge in [-0.1, -0.05) is 42.5 Å². The van der Waals surface area contributed by atoms with Crippen LogP contribution in [-0.4, -0.2) is 41.8 Å². The average Bonchev–Trinajstić information content (AvgIpc) is 3.73. The number of benzene rings is 3. The molecule has 8 nitrogen and oxygen atoms in total. The molecule has 214 valence electrons. The zero-order chi connectivity index (χ0) is 29.8. The highest BCUT2D eigenvalue weighted by Crippen LogP contribution is 2.53. The number of anilines is 1. The summed E-state index contributed by atoms with van der Waals surface area (Å²) in [4.78, 5) is 59.0. The van der Waals surface area contributed by atoms with Crippen LogP contribution >= 0.6 is 0 Å². The van der Waals surface area contributed by atoms with Crippen molar-refractivity contribution in [3.05, 3.63) is 102 Å². The Kier molecular flexibility index (Phi) is 6.42. The number of fused-ring (bicyclic) bond motifs is 6. The lowest BCUT2D eigenvalue weighted by molar-refractivity contribution is -0.123. The first-order valence-corrected chi connectivity index (χ1v) is 14.3. The zero-order valence-corrected chi connectivity index (χ0v) is 23.6. The minimum atomic E-state index is -1.02. The fourth-order valence-corrected chi connectivity index (χ4v) is 6.70. The first kappa shape index (κ1) is 26.8. The molecule has 0 spiro atoms. The van der Waals surface area contributed by atoms with Crippen LogP contribution in [0.5, 0.6) is 5.75 Å². The summed E-state index contributed by atoms with van der Waals surface area (Å²) in [5, 5.41) is 0.597. The molecular weight excluding hydrogens is 544 g/mol. The van der Waals surface area contributed by atoms with Gasteiger partial charge in [-0.15, -0.1) is 0 Å². The van der Waals surface area contributed by atoms with Gasteiger partial charge in [-0.25, -0.2) is 9.78 Å². The summed E-state index contributed by atoms with van der Waals surface area (Å²) in [7, 11) is 1.54. The lowest BCUT2D eigenvalue weighted by Crippen LogP contribution is -2.32. The summed E-state index contributed by atoms with van der Waals surface area (Å²) in [6, 6.07) is 22.6. The molecule has 2 fully saturated rings. The number of nitrogens with zero attached hydrogens (tertiary/aromatic N) is 2. The van der Waals surface area contributed by atoms with E-state index in [9.17, 15) is 19.2 Å². The summed E-state index contributed by atoms with van der Waals surface area (Å²) in [6.07, 6.45) is 4.02. The van der Waals surface area contributed by atoms with Crippen LogP contribution in [0.15, 0.2) is 91.0 Å². The summed E-state index contributed by atoms with van der Waals surface area (Å²) < 4.78 is 10.8. The Morgan fingerprint density at radius 1 is 0.884 bits per heavy atom. The molecule has 5 unspecified atom stereocenters. The molecule has 7 rings (SSSR count). The van der Waals surface area contributed by atoms with Gasteiger partial charge in [0.2, 0.25) is 17.6 Å². The van der Waals surface area contributed by atoms with Crippen molar-refractivity contribution < 1.29 is 28.7 Å². The number of hydrogen-bond donors (Lipinski definition) is 0. The van der Waals surface area contributed by atoms with Gasteiger partial charge in [-0.05, 0) is 73.7 Å². The average molecular weight is 573 g/mol. The predicted molar refractivity (Wildman–Crippen MR) is 160 cm³/mol. The molecule has 4 aromatic rings. The van der Waals surface area contributed by atoms with Gasteiger partial charge in [-0.2, -0.15) is 0 Å². The normalized spacial score (nSPS) is 22.6. The highest BCUT2D eigenvalue weighted by Gasteiger charge is 2.59. The van der Waals surface area contributed by atoms with E-state index >= 15 is 0 Å². The maximum Gasteiger partial charge on any atom is 0.339 e. The van der Waals surface area contributed by atoms with E-state index in [2.05, 4.69) is 12.2 Å². The van der Waals surface area contributed by atoms with Crippen LogP contribution in [0.3, 0.4) is 0 Å². The molecule has 5 atom stereocenters. The van der Waals surface area contributed by atoms with Crippen molar-refractivity contribution in [2.24, 2.45) is 23.7 Å². The van der Waals surface area contributed by atoms with E-state index < -0.39 is 12.1 Å². The molecule has 1 saturated heterocycles. The van der Waals surface area contributed by atoms with Crippen LogP contribution in [0.2, 0.25) is 0 Å². The van der Waals surface area contributed by atoms with Gasteiger partial charge < -0.3 is 9.47 Å². The maximum absolute atomic E-state index is 13.4. The Bertz CT molecular complexity index is 1800. The fraction of sp³-hybridized carbons (Fsp3) is 0.229. The third-order valence-electron chi connectivity index (χ3n) is 8.86. The minimum absolute atomic E-state index is 0.133. The van der Waals surface area contributed by atoms with E-state index in [1.807, 2.05) is 12.1 Å². The van der Waals surface area contributed by atoms with Crippen molar-refractivity contribution in [1.82, 2.24) is 4.98 Å². The van der Waals surface area contributed by atoms with Crippen molar-refractivity contribution >= 4 is 40.2 Å². The van der Waals surface area contributed by atoms with Gasteiger partial charge >= 0.3 is 5.97 Å². The van der Waals surface area contributed by atoms with E-state index in [0.717, 1.165) is 6.42 Å². The molecule has 0 radical (unpaired) electrons. The number of hydrogen-bond acceptors (Lipinski definition) is 7. The van der Waals surface area contributed by atoms with Gasteiger partial charge in [0, 0.05) is 16.5 Å². The molecular formula is C35H28N2O6. The number of methoxy groups -OCH3 is 1. The second-order valence-corrected chi connectivity index (χ2v) is 11.3. The van der Waals surface area contributed by atoms with Crippen molar-refractivity contribution in [2.45, 2.75) is 19.4 Å². The van der Waals surface area contributed by atoms with Gasteiger partial charge in [-0.3, -0.25) is 19.3 Å². The smallest absolute Gasteiger partial charge is 0.339 e. The standard InChI is InChI=1S/C35H28N2O6/c1-19(32(38)21-11-15-25(42-2)16-12-21)43-35(41)27-18-29(36-28-6-4-3-5-26(27)28)20-9-13-24(14-10-20)37-33(39)30-22-7-8-23(17-22)31(30)34(37)40/h3-16,18-19,22-23,30-31H,17H2,1-2H3. The Hall–Kier alpha value is -5.11. The fourth-order valence-electron chi connectivity index (χ4n) is 6.70. The van der Waals surface area contributed by atoms with Gasteiger partial charge in [0.05, 0.1) is 41.4 Å². The molecule has 8 heteroatoms. The third kappa shape index (κ3) is 4.41. The summed E-state index contributed by atoms with van der Waals surface area (Å²) in [5.41, 5.74) is 3.02. The molecule has 0 N–H and O–H groups in total. The Morgan fingerprint density at radius 2 is 1.53 bits per heavy atom. The maximum atomic E-state index is 13.4. The molecule has 3 aliphatic rings. The van der Waals surface area contributed by atoms with E-state index in [1.165, 1.54) is 4.90 Å². The van der Waals surface area contributed by atoms with Crippen molar-refractivity contribution in [3.63, 3.8) is 0 Å². The Morgan fingerprint density at radius 3 is 2.19 bits per heavy atom. The summed E-state index contributed by atoms with van der Waals surface area (Å²) in [6.45, 7) is 1.55. The minimum Gasteiger partial charge on any atom is -0.497 e. The predicted octanol–water partition coefficient (Wildman–Crippen LogP) is 5.65. The number of allylic oxidation sites excluding steroid dienone is 2. The number of amides is 2. The highest BCUT2D eigenvalue weighted by molar-refractivity contribution is 6.22. The number of carbonyl (C=O) groups excluding carboxylic acids is 4. The number of imide groups is 1. The van der Waals surface area contributed by atoms with Crippen LogP contribution in [0.4, 0.5) is 5.69 Å². The number of aromatic nitrogens is 1. The number of ketones is 1. The largest absolute Gasteiger partial charge is 0.497 e. The third-order valence-corrected chi connectivity index (χ3v) is 8.86. The van der Waals surface area contributed by atoms with Crippen LogP contribution in [-0.2, 0) is 14.3 Å². The van der Waals surface area contributed by atoms with Crippen molar-refractivity contribution in [2.75, 3.05) is 12.0 Å². The van der Waals surface area contributed by atoms with Gasteiger partial charge in [0.25, 0.3) is 0 Å². The monoisotopic (exact) mass is 572 g/mol. The molecule has 2 heterocycles. The van der Waals surface area contributed by atoms with Crippen molar-refractivity contribution in [1.29, 1.82) is 0 Å². The molecule has 2 amide bonds.